The minimum atomic E-state index is -0.629. The summed E-state index contributed by atoms with van der Waals surface area (Å²) in [5.41, 5.74) is 2.78. The number of hydrogen-bond donors (Lipinski definition) is 1. The van der Waals surface area contributed by atoms with Gasteiger partial charge >= 0.3 is 0 Å². The minimum Gasteiger partial charge on any atom is -0.457 e. The molecule has 4 rings (SSSR count). The molecule has 0 radical (unpaired) electrons. The van der Waals surface area contributed by atoms with E-state index in [1.165, 1.54) is 23.1 Å². The number of carbonyl (C=O) groups is 2. The third-order valence-electron chi connectivity index (χ3n) is 5.32. The predicted molar refractivity (Wildman–Crippen MR) is 128 cm³/mol. The van der Waals surface area contributed by atoms with Crippen molar-refractivity contribution in [1.29, 1.82) is 0 Å². The molecule has 1 aliphatic heterocycles. The lowest BCUT2D eigenvalue weighted by Gasteiger charge is -2.28. The van der Waals surface area contributed by atoms with E-state index in [1.54, 1.807) is 37.3 Å². The highest BCUT2D eigenvalue weighted by Crippen LogP contribution is 2.30. The Bertz CT molecular complexity index is 1320. The maximum Gasteiger partial charge on any atom is 0.270 e. The van der Waals surface area contributed by atoms with Gasteiger partial charge in [0.05, 0.1) is 10.6 Å². The Hall–Kier alpha value is -4.11. The van der Waals surface area contributed by atoms with Gasteiger partial charge in [0.1, 0.15) is 17.1 Å². The van der Waals surface area contributed by atoms with Gasteiger partial charge in [-0.05, 0) is 67.0 Å². The summed E-state index contributed by atoms with van der Waals surface area (Å²) in [5, 5.41) is 13.7. The molecule has 9 heteroatoms. The third-order valence-corrected chi connectivity index (χ3v) is 5.60. The topological polar surface area (TPSA) is 106 Å². The van der Waals surface area contributed by atoms with E-state index >= 15 is 0 Å². The molecule has 8 nitrogen and oxygen atoms in total. The molecule has 166 valence electrons. The molecule has 1 N–H and O–H groups in total. The lowest BCUT2D eigenvalue weighted by atomic mass is 10.1. The van der Waals surface area contributed by atoms with Crippen LogP contribution in [0, 0.1) is 17.0 Å². The fourth-order valence-electron chi connectivity index (χ4n) is 3.48. The van der Waals surface area contributed by atoms with Crippen LogP contribution in [0.4, 0.5) is 11.4 Å². The van der Waals surface area contributed by atoms with Crippen LogP contribution in [-0.4, -0.2) is 21.9 Å². The SMILES string of the molecule is CCc1ccc(N2C(=O)/C(=C/c3ccc(-c4cc([N+](=O)[O-])ccc4C)o3)C(=O)NC2=S)cc1. The zero-order valence-corrected chi connectivity index (χ0v) is 18.6. The molecule has 33 heavy (non-hydrogen) atoms. The van der Waals surface area contributed by atoms with Crippen LogP contribution in [0.25, 0.3) is 17.4 Å². The minimum absolute atomic E-state index is 0.00116. The number of amides is 2. The van der Waals surface area contributed by atoms with Crippen LogP contribution in [-0.2, 0) is 16.0 Å². The summed E-state index contributed by atoms with van der Waals surface area (Å²) in [7, 11) is 0. The molecule has 0 saturated carbocycles. The van der Waals surface area contributed by atoms with Gasteiger partial charge in [-0.25, -0.2) is 0 Å². The molecule has 0 bridgehead atoms. The molecular weight excluding hydrogens is 442 g/mol. The predicted octanol–water partition coefficient (Wildman–Crippen LogP) is 4.56. The third kappa shape index (κ3) is 4.31. The highest BCUT2D eigenvalue weighted by atomic mass is 32.1. The number of furan rings is 1. The number of nitrogens with zero attached hydrogens (tertiary/aromatic N) is 2. The number of nitro benzene ring substituents is 1. The average Bonchev–Trinajstić information content (AvgIpc) is 3.25. The molecule has 2 heterocycles. The lowest BCUT2D eigenvalue weighted by Crippen LogP contribution is -2.54. The molecule has 2 aromatic carbocycles. The van der Waals surface area contributed by atoms with Crippen LogP contribution in [0.15, 0.2) is 64.6 Å². The van der Waals surface area contributed by atoms with E-state index in [0.29, 0.717) is 17.0 Å². The number of anilines is 1. The Kier molecular flexibility index (Phi) is 5.89. The van der Waals surface area contributed by atoms with Crippen LogP contribution >= 0.6 is 12.2 Å². The first-order chi connectivity index (χ1) is 15.8. The van der Waals surface area contributed by atoms with Crippen molar-refractivity contribution < 1.29 is 18.9 Å². The normalized spacial score (nSPS) is 15.2. The van der Waals surface area contributed by atoms with Crippen LogP contribution in [0.5, 0.6) is 0 Å². The van der Waals surface area contributed by atoms with Gasteiger partial charge in [0, 0.05) is 17.7 Å². The summed E-state index contributed by atoms with van der Waals surface area (Å²) in [4.78, 5) is 37.6. The lowest BCUT2D eigenvalue weighted by molar-refractivity contribution is -0.384. The number of rotatable bonds is 5. The van der Waals surface area contributed by atoms with E-state index in [2.05, 4.69) is 5.32 Å². The van der Waals surface area contributed by atoms with Gasteiger partial charge in [-0.1, -0.05) is 25.1 Å². The smallest absolute Gasteiger partial charge is 0.270 e. The second-order valence-corrected chi connectivity index (χ2v) is 7.82. The molecular formula is C24H19N3O5S. The van der Waals surface area contributed by atoms with Crippen molar-refractivity contribution in [2.75, 3.05) is 4.90 Å². The number of nitrogens with one attached hydrogen (secondary N) is 1. The molecule has 1 fully saturated rings. The molecule has 1 saturated heterocycles. The maximum atomic E-state index is 13.1. The highest BCUT2D eigenvalue weighted by Gasteiger charge is 2.34. The first-order valence-electron chi connectivity index (χ1n) is 10.1. The van der Waals surface area contributed by atoms with Crippen molar-refractivity contribution in [2.24, 2.45) is 0 Å². The number of non-ortho nitro benzene ring substituents is 1. The second kappa shape index (κ2) is 8.79. The number of thiocarbonyl (C=S) groups is 1. The van der Waals surface area contributed by atoms with E-state index in [9.17, 15) is 19.7 Å². The van der Waals surface area contributed by atoms with Crippen molar-refractivity contribution in [1.82, 2.24) is 5.32 Å². The van der Waals surface area contributed by atoms with E-state index in [1.807, 2.05) is 19.1 Å². The molecule has 1 aliphatic rings. The summed E-state index contributed by atoms with van der Waals surface area (Å²) in [5.74, 6) is -0.564. The molecule has 0 atom stereocenters. The number of carbonyl (C=O) groups excluding carboxylic acids is 2. The van der Waals surface area contributed by atoms with Crippen LogP contribution in [0.1, 0.15) is 23.8 Å². The summed E-state index contributed by atoms with van der Waals surface area (Å²) in [6, 6.07) is 15.0. The zero-order chi connectivity index (χ0) is 23.7. The molecule has 0 spiro atoms. The van der Waals surface area contributed by atoms with E-state index in [-0.39, 0.29) is 22.1 Å². The largest absolute Gasteiger partial charge is 0.457 e. The zero-order valence-electron chi connectivity index (χ0n) is 17.8. The second-order valence-electron chi connectivity index (χ2n) is 7.44. The van der Waals surface area contributed by atoms with Gasteiger partial charge < -0.3 is 4.42 Å². The van der Waals surface area contributed by atoms with Crippen molar-refractivity contribution in [3.63, 3.8) is 0 Å². The monoisotopic (exact) mass is 461 g/mol. The van der Waals surface area contributed by atoms with Gasteiger partial charge in [0.25, 0.3) is 17.5 Å². The van der Waals surface area contributed by atoms with Crippen molar-refractivity contribution in [2.45, 2.75) is 20.3 Å². The quantitative estimate of drug-likeness (QED) is 0.196. The van der Waals surface area contributed by atoms with Crippen molar-refractivity contribution in [3.05, 3.63) is 87.2 Å². The summed E-state index contributed by atoms with van der Waals surface area (Å²) in [6.45, 7) is 3.83. The van der Waals surface area contributed by atoms with E-state index < -0.39 is 16.7 Å². The fraction of sp³-hybridized carbons (Fsp3) is 0.125. The fourth-order valence-corrected chi connectivity index (χ4v) is 3.76. The number of aryl methyl sites for hydroxylation is 2. The standard InChI is InChI=1S/C24H19N3O5S/c1-3-15-5-8-16(9-6-15)26-23(29)20(22(28)25-24(26)33)13-18-10-11-21(32-18)19-12-17(27(30)31)7-4-14(19)2/h4-13H,3H2,1-2H3,(H,25,28,33)/b20-13+. The summed E-state index contributed by atoms with van der Waals surface area (Å²) in [6.07, 6.45) is 2.19. The van der Waals surface area contributed by atoms with Crippen LogP contribution < -0.4 is 10.2 Å². The summed E-state index contributed by atoms with van der Waals surface area (Å²) < 4.78 is 5.80. The Balaban J connectivity index is 1.67. The van der Waals surface area contributed by atoms with Crippen molar-refractivity contribution >= 4 is 46.6 Å². The van der Waals surface area contributed by atoms with Gasteiger partial charge in [-0.15, -0.1) is 0 Å². The molecule has 0 unspecified atom stereocenters. The Morgan fingerprint density at radius 2 is 1.85 bits per heavy atom. The molecule has 2 amide bonds. The van der Waals surface area contributed by atoms with Gasteiger partial charge in [-0.3, -0.25) is 29.9 Å². The van der Waals surface area contributed by atoms with Crippen molar-refractivity contribution in [3.8, 4) is 11.3 Å². The maximum absolute atomic E-state index is 13.1. The first kappa shape index (κ1) is 22.1. The van der Waals surface area contributed by atoms with E-state index in [0.717, 1.165) is 17.5 Å². The van der Waals surface area contributed by atoms with Crippen LogP contribution in [0.3, 0.4) is 0 Å². The van der Waals surface area contributed by atoms with Gasteiger partial charge in [-0.2, -0.15) is 0 Å². The van der Waals surface area contributed by atoms with E-state index in [4.69, 9.17) is 16.6 Å². The number of hydrogen-bond acceptors (Lipinski definition) is 6. The molecule has 0 aliphatic carbocycles. The van der Waals surface area contributed by atoms with Gasteiger partial charge in [0.2, 0.25) is 0 Å². The first-order valence-corrected chi connectivity index (χ1v) is 10.5. The average molecular weight is 461 g/mol. The Morgan fingerprint density at radius 1 is 1.12 bits per heavy atom. The number of nitro groups is 1. The summed E-state index contributed by atoms with van der Waals surface area (Å²) >= 11 is 5.23. The van der Waals surface area contributed by atoms with Gasteiger partial charge in [0.15, 0.2) is 5.11 Å². The Morgan fingerprint density at radius 3 is 2.52 bits per heavy atom. The number of benzene rings is 2. The van der Waals surface area contributed by atoms with Crippen LogP contribution in [0.2, 0.25) is 0 Å². The molecule has 1 aromatic heterocycles. The highest BCUT2D eigenvalue weighted by molar-refractivity contribution is 7.80. The Labute approximate surface area is 194 Å². The molecule has 3 aromatic rings.